The van der Waals surface area contributed by atoms with Crippen LogP contribution in [-0.2, 0) is 22.6 Å². The molecule has 3 saturated heterocycles. The van der Waals surface area contributed by atoms with Crippen LogP contribution in [0, 0.1) is 17.6 Å². The first-order valence-corrected chi connectivity index (χ1v) is 20.6. The molecule has 302 valence electrons. The average Bonchev–Trinajstić information content (AvgIpc) is 3.56. The van der Waals surface area contributed by atoms with Gasteiger partial charge in [-0.15, -0.1) is 0 Å². The van der Waals surface area contributed by atoms with E-state index in [1.54, 1.807) is 24.1 Å². The summed E-state index contributed by atoms with van der Waals surface area (Å²) in [7, 11) is 1.55. The van der Waals surface area contributed by atoms with Crippen LogP contribution in [-0.4, -0.2) is 91.6 Å². The number of aryl methyl sites for hydroxylation is 1. The van der Waals surface area contributed by atoms with Gasteiger partial charge in [-0.1, -0.05) is 36.4 Å². The summed E-state index contributed by atoms with van der Waals surface area (Å²) >= 11 is 0. The number of piperidine rings is 2. The number of halogens is 2. The van der Waals surface area contributed by atoms with Gasteiger partial charge in [0.1, 0.15) is 34.9 Å². The van der Waals surface area contributed by atoms with Crippen molar-refractivity contribution in [2.75, 3.05) is 62.7 Å². The van der Waals surface area contributed by atoms with Crippen molar-refractivity contribution in [2.24, 2.45) is 5.92 Å². The van der Waals surface area contributed by atoms with Crippen LogP contribution in [0.4, 0.5) is 20.2 Å². The van der Waals surface area contributed by atoms with Gasteiger partial charge in [0.15, 0.2) is 0 Å². The van der Waals surface area contributed by atoms with Crippen molar-refractivity contribution in [3.8, 4) is 11.5 Å². The van der Waals surface area contributed by atoms with Gasteiger partial charge in [-0.25, -0.2) is 8.78 Å². The molecule has 58 heavy (non-hydrogen) atoms. The van der Waals surface area contributed by atoms with Crippen molar-refractivity contribution in [3.63, 3.8) is 0 Å². The number of benzene rings is 4. The fourth-order valence-electron chi connectivity index (χ4n) is 10.2. The number of phenols is 1. The highest BCUT2D eigenvalue weighted by atomic mass is 19.1. The summed E-state index contributed by atoms with van der Waals surface area (Å²) in [5, 5.41) is 12.6. The Morgan fingerprint density at radius 2 is 1.52 bits per heavy atom. The fourth-order valence-corrected chi connectivity index (χ4v) is 10.2. The maximum absolute atomic E-state index is 16.2. The zero-order valence-corrected chi connectivity index (χ0v) is 32.8. The molecule has 9 rings (SSSR count). The number of anilines is 2. The minimum atomic E-state index is -0.685. The Balaban J connectivity index is 0.823. The Morgan fingerprint density at radius 1 is 0.776 bits per heavy atom. The molecular weight excluding hydrogens is 741 g/mol. The molecule has 0 saturated carbocycles. The third-order valence-electron chi connectivity index (χ3n) is 13.2. The topological polar surface area (TPSA) is 106 Å². The van der Waals surface area contributed by atoms with Crippen molar-refractivity contribution < 1.29 is 33.0 Å². The monoisotopic (exact) mass is 789 g/mol. The van der Waals surface area contributed by atoms with Crippen LogP contribution in [0.5, 0.6) is 11.5 Å². The van der Waals surface area contributed by atoms with Crippen molar-refractivity contribution in [1.82, 2.24) is 15.1 Å². The number of carbonyl (C=O) groups is 3. The normalized spacial score (nSPS) is 22.8. The van der Waals surface area contributed by atoms with Crippen LogP contribution in [0.1, 0.15) is 82.1 Å². The molecule has 3 atom stereocenters. The number of hydrogen-bond donors (Lipinski definition) is 2. The highest BCUT2D eigenvalue weighted by Crippen LogP contribution is 2.48. The lowest BCUT2D eigenvalue weighted by atomic mass is 9.69. The molecule has 1 unspecified atom stereocenters. The van der Waals surface area contributed by atoms with Crippen LogP contribution >= 0.6 is 0 Å². The van der Waals surface area contributed by atoms with E-state index >= 15 is 8.78 Å². The van der Waals surface area contributed by atoms with Gasteiger partial charge >= 0.3 is 0 Å². The summed E-state index contributed by atoms with van der Waals surface area (Å²) in [5.41, 5.74) is 6.11. The molecule has 4 aromatic rings. The van der Waals surface area contributed by atoms with E-state index in [0.717, 1.165) is 86.3 Å². The molecule has 0 radical (unpaired) electrons. The lowest BCUT2D eigenvalue weighted by Crippen LogP contribution is -2.52. The number of imide groups is 1. The van der Waals surface area contributed by atoms with E-state index in [4.69, 9.17) is 4.74 Å². The average molecular weight is 790 g/mol. The maximum Gasteiger partial charge on any atom is 0.258 e. The number of nitrogens with zero attached hydrogens (tertiary/aromatic N) is 4. The number of fused-ring (bicyclic) bond motifs is 2. The molecule has 3 fully saturated rings. The van der Waals surface area contributed by atoms with Crippen LogP contribution in [0.3, 0.4) is 0 Å². The van der Waals surface area contributed by atoms with Crippen molar-refractivity contribution in [2.45, 2.75) is 62.9 Å². The summed E-state index contributed by atoms with van der Waals surface area (Å²) in [6.45, 7) is 5.69. The van der Waals surface area contributed by atoms with Gasteiger partial charge in [-0.3, -0.25) is 24.6 Å². The molecule has 12 heteroatoms. The third-order valence-corrected chi connectivity index (χ3v) is 13.2. The predicted octanol–water partition coefficient (Wildman–Crippen LogP) is 6.34. The molecule has 0 spiro atoms. The summed E-state index contributed by atoms with van der Waals surface area (Å²) in [6, 6.07) is 21.9. The summed E-state index contributed by atoms with van der Waals surface area (Å²) in [6.07, 6.45) is 3.80. The van der Waals surface area contributed by atoms with E-state index in [1.807, 2.05) is 41.3 Å². The number of nitrogens with one attached hydrogen (secondary N) is 1. The van der Waals surface area contributed by atoms with Crippen LogP contribution in [0.15, 0.2) is 72.8 Å². The van der Waals surface area contributed by atoms with E-state index in [9.17, 15) is 19.5 Å². The van der Waals surface area contributed by atoms with Crippen LogP contribution in [0.25, 0.3) is 0 Å². The number of aromatic hydroxyl groups is 1. The van der Waals surface area contributed by atoms with E-state index in [1.165, 1.54) is 12.1 Å². The number of ether oxygens (including phenoxy) is 1. The van der Waals surface area contributed by atoms with Crippen molar-refractivity contribution >= 4 is 29.1 Å². The molecule has 4 aromatic carbocycles. The van der Waals surface area contributed by atoms with Gasteiger partial charge in [0.25, 0.3) is 5.91 Å². The quantitative estimate of drug-likeness (QED) is 0.200. The first-order chi connectivity index (χ1) is 28.1. The minimum Gasteiger partial charge on any atom is -0.508 e. The van der Waals surface area contributed by atoms with Crippen molar-refractivity contribution in [3.05, 3.63) is 118 Å². The van der Waals surface area contributed by atoms with Gasteiger partial charge in [0, 0.05) is 76.5 Å². The number of phenolic OH excluding ortho intramolecular Hbond substituents is 1. The fraction of sp³-hybridized carbons (Fsp3) is 0.413. The van der Waals surface area contributed by atoms with Gasteiger partial charge in [0.2, 0.25) is 11.8 Å². The molecule has 10 nitrogen and oxygen atoms in total. The molecule has 3 amide bonds. The first-order valence-electron chi connectivity index (χ1n) is 20.6. The lowest BCUT2D eigenvalue weighted by molar-refractivity contribution is -0.136. The third kappa shape index (κ3) is 7.16. The van der Waals surface area contributed by atoms with Gasteiger partial charge in [0.05, 0.1) is 12.7 Å². The number of methoxy groups -OCH3 is 1. The van der Waals surface area contributed by atoms with E-state index in [0.29, 0.717) is 42.3 Å². The van der Waals surface area contributed by atoms with Crippen molar-refractivity contribution in [1.29, 1.82) is 0 Å². The van der Waals surface area contributed by atoms with E-state index in [-0.39, 0.29) is 48.1 Å². The molecular formula is C46H49F2N5O5. The first kappa shape index (κ1) is 38.1. The SMILES string of the molecule is COc1cc(N2CCN(CC3CCN(c4c(F)cc([C@@H]5c6ccc(O)cc6CC[C@@H]5c5ccccc5)cc4F)CC3)CC2)cc2c1C(=O)N(C1CCC(=O)NC1=O)C2. The summed E-state index contributed by atoms with van der Waals surface area (Å²) in [5.74, 6) is -1.14. The summed E-state index contributed by atoms with van der Waals surface area (Å²) in [4.78, 5) is 45.9. The number of piperazine rings is 1. The zero-order chi connectivity index (χ0) is 40.1. The van der Waals surface area contributed by atoms with Gasteiger partial charge in [-0.05, 0) is 102 Å². The Bertz CT molecular complexity index is 2210. The second-order valence-electron chi connectivity index (χ2n) is 16.5. The summed E-state index contributed by atoms with van der Waals surface area (Å²) < 4.78 is 38.0. The highest BCUT2D eigenvalue weighted by Gasteiger charge is 2.41. The molecule has 5 aliphatic rings. The minimum absolute atomic E-state index is 0.0558. The van der Waals surface area contributed by atoms with Gasteiger partial charge < -0.3 is 24.5 Å². The number of rotatable bonds is 8. The predicted molar refractivity (Wildman–Crippen MR) is 216 cm³/mol. The number of carbonyl (C=O) groups excluding carboxylic acids is 3. The Kier molecular flexibility index (Phi) is 10.3. The lowest BCUT2D eigenvalue weighted by Gasteiger charge is -2.40. The van der Waals surface area contributed by atoms with Gasteiger partial charge in [-0.2, -0.15) is 0 Å². The standard InChI is InChI=1S/C46H49F2N5O5/c1-58-40-25-33(21-32-27-53(46(57)43(32)40)39-11-12-41(55)49-45(39)56)51-19-17-50(18-20-51)26-28-13-15-52(16-14-28)44-37(47)23-31(24-38(44)48)42-35(29-5-3-2-4-6-29)9-7-30-22-34(54)8-10-36(30)42/h2-6,8,10,21-25,28,35,39,42,54H,7,9,11-20,26-27H2,1H3,(H,49,55,56)/t35-,39?,42+/m1/s1. The molecule has 1 aliphatic carbocycles. The Morgan fingerprint density at radius 3 is 2.22 bits per heavy atom. The van der Waals surface area contributed by atoms with Crippen LogP contribution < -0.4 is 19.9 Å². The molecule has 4 heterocycles. The largest absolute Gasteiger partial charge is 0.508 e. The number of hydrogen-bond acceptors (Lipinski definition) is 8. The smallest absolute Gasteiger partial charge is 0.258 e. The van der Waals surface area contributed by atoms with E-state index in [2.05, 4.69) is 27.2 Å². The maximum atomic E-state index is 16.2. The Labute approximate surface area is 337 Å². The molecule has 0 aromatic heterocycles. The second-order valence-corrected chi connectivity index (χ2v) is 16.5. The molecule has 4 aliphatic heterocycles. The molecule has 0 bridgehead atoms. The number of amides is 3. The zero-order valence-electron chi connectivity index (χ0n) is 32.8. The Hall–Kier alpha value is -5.49. The van der Waals surface area contributed by atoms with E-state index < -0.39 is 23.6 Å². The van der Waals surface area contributed by atoms with Crippen LogP contribution in [0.2, 0.25) is 0 Å². The second kappa shape index (κ2) is 15.7. The molecule has 2 N–H and O–H groups in total. The highest BCUT2D eigenvalue weighted by molar-refractivity contribution is 6.06.